The van der Waals surface area contributed by atoms with E-state index in [-0.39, 0.29) is 15.6 Å². The molecule has 4 N–H and O–H groups in total. The highest BCUT2D eigenvalue weighted by molar-refractivity contribution is 7.19. The van der Waals surface area contributed by atoms with Crippen molar-refractivity contribution >= 4 is 51.0 Å². The summed E-state index contributed by atoms with van der Waals surface area (Å²) in [4.78, 5) is 31.7. The van der Waals surface area contributed by atoms with Crippen molar-refractivity contribution in [3.05, 3.63) is 75.9 Å². The Morgan fingerprint density at radius 1 is 1.09 bits per heavy atom. The molecule has 4 aromatic rings. The Kier molecular flexibility index (Phi) is 6.48. The van der Waals surface area contributed by atoms with Gasteiger partial charge in [0.05, 0.1) is 22.0 Å². The van der Waals surface area contributed by atoms with Crippen LogP contribution in [0.1, 0.15) is 36.1 Å². The van der Waals surface area contributed by atoms with Crippen LogP contribution in [-0.2, 0) is 5.60 Å². The molecule has 1 aromatic carbocycles. The first-order chi connectivity index (χ1) is 16.5. The minimum absolute atomic E-state index is 0.0386. The molecular weight excluding hydrogens is 494 g/mol. The number of carbonyl (C=O) groups is 2. The van der Waals surface area contributed by atoms with Crippen molar-refractivity contribution < 1.29 is 30.0 Å². The number of nitrogens with zero attached hydrogens (tertiary/aromatic N) is 3. The average Bonchev–Trinajstić information content (AvgIpc) is 3.23. The van der Waals surface area contributed by atoms with Crippen LogP contribution in [-0.4, -0.2) is 42.6 Å². The number of benzene rings is 1. The van der Waals surface area contributed by atoms with Gasteiger partial charge in [-0.25, -0.2) is 14.6 Å². The molecular formula is C24H20ClN3O6S. The van der Waals surface area contributed by atoms with Crippen LogP contribution in [0.5, 0.6) is 0 Å². The number of anilines is 1. The van der Waals surface area contributed by atoms with E-state index in [0.29, 0.717) is 16.1 Å². The Morgan fingerprint density at radius 2 is 1.80 bits per heavy atom. The predicted molar refractivity (Wildman–Crippen MR) is 132 cm³/mol. The van der Waals surface area contributed by atoms with Crippen LogP contribution in [0.25, 0.3) is 21.3 Å². The van der Waals surface area contributed by atoms with Gasteiger partial charge < -0.3 is 20.4 Å². The molecule has 0 aliphatic rings. The van der Waals surface area contributed by atoms with Gasteiger partial charge in [-0.3, -0.25) is 4.98 Å². The standard InChI is InChI=1S/C24H20ClN3O6S/c1-24(2,34)13-8-9-26-16(11-13)14-5-3-4-12-10-17(35-21(12)14)20(29)19-15(25)6-7-18(27-19)28(22(30)31)23(32)33/h3-11,20,29,34H,1-2H3,(H,30,31)(H,32,33). The van der Waals surface area contributed by atoms with E-state index >= 15 is 0 Å². The zero-order chi connectivity index (χ0) is 25.5. The monoisotopic (exact) mass is 513 g/mol. The lowest BCUT2D eigenvalue weighted by atomic mass is 9.97. The lowest BCUT2D eigenvalue weighted by molar-refractivity contribution is 0.0785. The zero-order valence-corrected chi connectivity index (χ0v) is 20.1. The fraction of sp³-hybridized carbons (Fsp3) is 0.167. The Labute approximate surface area is 208 Å². The minimum atomic E-state index is -1.74. The third-order valence-corrected chi connectivity index (χ3v) is 6.86. The van der Waals surface area contributed by atoms with Gasteiger partial charge in [0.2, 0.25) is 0 Å². The molecule has 9 nitrogen and oxygen atoms in total. The van der Waals surface area contributed by atoms with E-state index in [0.717, 1.165) is 21.7 Å². The molecule has 11 heteroatoms. The predicted octanol–water partition coefficient (Wildman–Crippen LogP) is 5.48. The largest absolute Gasteiger partial charge is 0.464 e. The molecule has 0 saturated carbocycles. The van der Waals surface area contributed by atoms with E-state index in [1.807, 2.05) is 18.2 Å². The molecule has 4 rings (SSSR count). The molecule has 180 valence electrons. The fourth-order valence-electron chi connectivity index (χ4n) is 3.55. The molecule has 1 atom stereocenters. The van der Waals surface area contributed by atoms with Gasteiger partial charge >= 0.3 is 12.2 Å². The number of amides is 2. The van der Waals surface area contributed by atoms with Gasteiger partial charge in [-0.1, -0.05) is 29.8 Å². The summed E-state index contributed by atoms with van der Waals surface area (Å²) in [6.07, 6.45) is -3.19. The molecule has 0 aliphatic carbocycles. The molecule has 2 amide bonds. The molecule has 35 heavy (non-hydrogen) atoms. The molecule has 0 spiro atoms. The van der Waals surface area contributed by atoms with Gasteiger partial charge in [-0.15, -0.1) is 11.3 Å². The van der Waals surface area contributed by atoms with Gasteiger partial charge in [-0.05, 0) is 55.1 Å². The quantitative estimate of drug-likeness (QED) is 0.274. The van der Waals surface area contributed by atoms with Crippen LogP contribution >= 0.6 is 22.9 Å². The van der Waals surface area contributed by atoms with Crippen LogP contribution in [0, 0.1) is 0 Å². The first kappa shape index (κ1) is 24.6. The van der Waals surface area contributed by atoms with Gasteiger partial charge in [0.25, 0.3) is 0 Å². The third kappa shape index (κ3) is 4.82. The van der Waals surface area contributed by atoms with Gasteiger partial charge in [0, 0.05) is 21.3 Å². The highest BCUT2D eigenvalue weighted by Gasteiger charge is 2.27. The second-order valence-corrected chi connectivity index (χ2v) is 9.69. The van der Waals surface area contributed by atoms with E-state index in [9.17, 15) is 30.0 Å². The minimum Gasteiger partial charge on any atom is -0.464 e. The van der Waals surface area contributed by atoms with Crippen LogP contribution in [0.3, 0.4) is 0 Å². The number of pyridine rings is 2. The summed E-state index contributed by atoms with van der Waals surface area (Å²) < 4.78 is 0.826. The first-order valence-corrected chi connectivity index (χ1v) is 11.5. The fourth-order valence-corrected chi connectivity index (χ4v) is 4.93. The number of aromatic nitrogens is 2. The molecule has 0 fully saturated rings. The number of aliphatic hydroxyl groups is 2. The van der Waals surface area contributed by atoms with Crippen molar-refractivity contribution in [3.63, 3.8) is 0 Å². The maximum atomic E-state index is 11.3. The van der Waals surface area contributed by atoms with Crippen molar-refractivity contribution in [2.45, 2.75) is 25.6 Å². The molecule has 0 aliphatic heterocycles. The Morgan fingerprint density at radius 3 is 2.46 bits per heavy atom. The maximum Gasteiger partial charge on any atom is 0.422 e. The summed E-state index contributed by atoms with van der Waals surface area (Å²) in [5.41, 5.74) is 1.02. The summed E-state index contributed by atoms with van der Waals surface area (Å²) in [7, 11) is 0. The van der Waals surface area contributed by atoms with Gasteiger partial charge in [0.15, 0.2) is 0 Å². The molecule has 0 saturated heterocycles. The Hall–Kier alpha value is -3.57. The molecule has 3 heterocycles. The van der Waals surface area contributed by atoms with E-state index in [4.69, 9.17) is 11.6 Å². The highest BCUT2D eigenvalue weighted by Crippen LogP contribution is 2.40. The van der Waals surface area contributed by atoms with Crippen molar-refractivity contribution in [1.29, 1.82) is 0 Å². The summed E-state index contributed by atoms with van der Waals surface area (Å²) in [6, 6.07) is 13.3. The topological polar surface area (TPSA) is 144 Å². The molecule has 1 unspecified atom stereocenters. The first-order valence-electron chi connectivity index (χ1n) is 10.3. The Balaban J connectivity index is 1.78. The zero-order valence-electron chi connectivity index (χ0n) is 18.5. The maximum absolute atomic E-state index is 11.3. The summed E-state index contributed by atoms with van der Waals surface area (Å²) in [5.74, 6) is -0.405. The van der Waals surface area contributed by atoms with Crippen molar-refractivity contribution in [2.75, 3.05) is 4.90 Å². The number of halogens is 1. The number of carboxylic acid groups (broad SMARTS) is 2. The van der Waals surface area contributed by atoms with Crippen LogP contribution in [0.15, 0.2) is 54.7 Å². The molecule has 0 bridgehead atoms. The van der Waals surface area contributed by atoms with E-state index < -0.39 is 29.7 Å². The number of fused-ring (bicyclic) bond motifs is 1. The summed E-state index contributed by atoms with van der Waals surface area (Å²) in [5, 5.41) is 40.7. The van der Waals surface area contributed by atoms with Crippen molar-refractivity contribution in [3.8, 4) is 11.3 Å². The van der Waals surface area contributed by atoms with Gasteiger partial charge in [-0.2, -0.15) is 4.90 Å². The molecule has 0 radical (unpaired) electrons. The molecule has 3 aromatic heterocycles. The number of rotatable bonds is 5. The number of thiophene rings is 1. The number of hydrogen-bond acceptors (Lipinski definition) is 7. The van der Waals surface area contributed by atoms with Gasteiger partial charge in [0.1, 0.15) is 11.9 Å². The third-order valence-electron chi connectivity index (χ3n) is 5.30. The van der Waals surface area contributed by atoms with Crippen LogP contribution in [0.4, 0.5) is 15.4 Å². The van der Waals surface area contributed by atoms with Crippen LogP contribution in [0.2, 0.25) is 5.02 Å². The second-order valence-electron chi connectivity index (χ2n) is 8.20. The average molecular weight is 514 g/mol. The summed E-state index contributed by atoms with van der Waals surface area (Å²) >= 11 is 7.50. The lowest BCUT2D eigenvalue weighted by Crippen LogP contribution is -2.35. The van der Waals surface area contributed by atoms with Crippen molar-refractivity contribution in [1.82, 2.24) is 9.97 Å². The lowest BCUT2D eigenvalue weighted by Gasteiger charge is -2.18. The van der Waals surface area contributed by atoms with Crippen LogP contribution < -0.4 is 4.90 Å². The SMILES string of the molecule is CC(C)(O)c1ccnc(-c2cccc3cc(C(O)c4nc(N(C(=O)O)C(=O)O)ccc4Cl)sc23)c1. The van der Waals surface area contributed by atoms with E-state index in [1.165, 1.54) is 17.4 Å². The number of hydrogen-bond donors (Lipinski definition) is 4. The summed E-state index contributed by atoms with van der Waals surface area (Å²) in [6.45, 7) is 3.38. The number of aliphatic hydroxyl groups excluding tert-OH is 1. The van der Waals surface area contributed by atoms with Crippen molar-refractivity contribution in [2.24, 2.45) is 0 Å². The normalized spacial score (nSPS) is 12.5. The van der Waals surface area contributed by atoms with E-state index in [1.54, 1.807) is 38.2 Å². The smallest absolute Gasteiger partial charge is 0.422 e. The highest BCUT2D eigenvalue weighted by atomic mass is 35.5. The number of imide groups is 1. The second kappa shape index (κ2) is 9.23. The van der Waals surface area contributed by atoms with E-state index in [2.05, 4.69) is 9.97 Å². The Bertz CT molecular complexity index is 1430.